The van der Waals surface area contributed by atoms with E-state index in [4.69, 9.17) is 4.74 Å². The zero-order valence-corrected chi connectivity index (χ0v) is 14.5. The SMILES string of the molecule is O=C(NC1(CO)CCOCC1)C1CCCN(Cc2cccc(F)c2)C1. The lowest BCUT2D eigenvalue weighted by atomic mass is 9.88. The molecule has 1 amide bonds. The molecule has 5 nitrogen and oxygen atoms in total. The predicted octanol–water partition coefficient (Wildman–Crippen LogP) is 1.70. The number of ether oxygens (including phenoxy) is 1. The van der Waals surface area contributed by atoms with Crippen molar-refractivity contribution in [3.63, 3.8) is 0 Å². The van der Waals surface area contributed by atoms with E-state index < -0.39 is 5.54 Å². The van der Waals surface area contributed by atoms with E-state index in [1.807, 2.05) is 6.07 Å². The highest BCUT2D eigenvalue weighted by Crippen LogP contribution is 2.24. The lowest BCUT2D eigenvalue weighted by Gasteiger charge is -2.39. The molecule has 2 aliphatic heterocycles. The van der Waals surface area contributed by atoms with E-state index in [-0.39, 0.29) is 24.2 Å². The Bertz CT molecular complexity index is 590. The quantitative estimate of drug-likeness (QED) is 0.848. The molecule has 0 radical (unpaired) electrons. The Morgan fingerprint density at radius 1 is 1.40 bits per heavy atom. The van der Waals surface area contributed by atoms with Crippen LogP contribution in [0.3, 0.4) is 0 Å². The van der Waals surface area contributed by atoms with Gasteiger partial charge in [0.1, 0.15) is 5.82 Å². The summed E-state index contributed by atoms with van der Waals surface area (Å²) in [5, 5.41) is 12.8. The third-order valence-corrected chi connectivity index (χ3v) is 5.31. The molecule has 0 aromatic heterocycles. The standard InChI is InChI=1S/C19H27FN2O3/c20-17-5-1-3-15(11-17)12-22-8-2-4-16(13-22)18(24)21-19(14-23)6-9-25-10-7-19/h1,3,5,11,16,23H,2,4,6-10,12-14H2,(H,21,24). The van der Waals surface area contributed by atoms with Gasteiger partial charge >= 0.3 is 0 Å². The van der Waals surface area contributed by atoms with Crippen molar-refractivity contribution in [2.75, 3.05) is 32.9 Å². The van der Waals surface area contributed by atoms with Crippen LogP contribution in [0, 0.1) is 11.7 Å². The zero-order valence-electron chi connectivity index (χ0n) is 14.5. The highest BCUT2D eigenvalue weighted by molar-refractivity contribution is 5.79. The fourth-order valence-corrected chi connectivity index (χ4v) is 3.75. The lowest BCUT2D eigenvalue weighted by Crippen LogP contribution is -2.57. The van der Waals surface area contributed by atoms with Crippen molar-refractivity contribution in [3.8, 4) is 0 Å². The second-order valence-electron chi connectivity index (χ2n) is 7.24. The molecular weight excluding hydrogens is 323 g/mol. The van der Waals surface area contributed by atoms with E-state index in [0.29, 0.717) is 39.1 Å². The number of aliphatic hydroxyl groups is 1. The molecule has 1 unspecified atom stereocenters. The summed E-state index contributed by atoms with van der Waals surface area (Å²) in [4.78, 5) is 14.9. The topological polar surface area (TPSA) is 61.8 Å². The molecular formula is C19H27FN2O3. The molecule has 2 heterocycles. The van der Waals surface area contributed by atoms with Crippen molar-refractivity contribution in [2.24, 2.45) is 5.92 Å². The number of hydrogen-bond donors (Lipinski definition) is 2. The molecule has 0 aliphatic carbocycles. The van der Waals surface area contributed by atoms with Gasteiger partial charge in [-0.3, -0.25) is 9.69 Å². The van der Waals surface area contributed by atoms with Crippen LogP contribution in [0.5, 0.6) is 0 Å². The van der Waals surface area contributed by atoms with Crippen molar-refractivity contribution >= 4 is 5.91 Å². The minimum Gasteiger partial charge on any atom is -0.394 e. The number of carbonyl (C=O) groups excluding carboxylic acids is 1. The Balaban J connectivity index is 1.57. The van der Waals surface area contributed by atoms with Gasteiger partial charge in [0.15, 0.2) is 0 Å². The van der Waals surface area contributed by atoms with Gasteiger partial charge in [0.2, 0.25) is 5.91 Å². The van der Waals surface area contributed by atoms with Gasteiger partial charge in [-0.15, -0.1) is 0 Å². The van der Waals surface area contributed by atoms with Crippen LogP contribution in [0.15, 0.2) is 24.3 Å². The maximum Gasteiger partial charge on any atom is 0.224 e. The van der Waals surface area contributed by atoms with Crippen molar-refractivity contribution in [3.05, 3.63) is 35.6 Å². The zero-order chi connectivity index (χ0) is 17.7. The number of hydrogen-bond acceptors (Lipinski definition) is 4. The molecule has 1 aromatic carbocycles. The molecule has 2 saturated heterocycles. The summed E-state index contributed by atoms with van der Waals surface area (Å²) in [5.74, 6) is -0.304. The van der Waals surface area contributed by atoms with E-state index in [0.717, 1.165) is 24.9 Å². The summed E-state index contributed by atoms with van der Waals surface area (Å²) in [6.07, 6.45) is 3.09. The molecule has 6 heteroatoms. The molecule has 2 N–H and O–H groups in total. The Labute approximate surface area is 148 Å². The van der Waals surface area contributed by atoms with E-state index in [1.54, 1.807) is 12.1 Å². The summed E-state index contributed by atoms with van der Waals surface area (Å²) in [7, 11) is 0. The van der Waals surface area contributed by atoms with Gasteiger partial charge in [-0.2, -0.15) is 0 Å². The molecule has 0 bridgehead atoms. The number of benzene rings is 1. The number of piperidine rings is 1. The first kappa shape index (κ1) is 18.3. The summed E-state index contributed by atoms with van der Waals surface area (Å²) >= 11 is 0. The van der Waals surface area contributed by atoms with Crippen molar-refractivity contribution in [1.82, 2.24) is 10.2 Å². The van der Waals surface area contributed by atoms with Gasteiger partial charge in [-0.05, 0) is 49.9 Å². The minimum atomic E-state index is -0.541. The maximum absolute atomic E-state index is 13.4. The predicted molar refractivity (Wildman–Crippen MR) is 92.4 cm³/mol. The Morgan fingerprint density at radius 2 is 2.20 bits per heavy atom. The third-order valence-electron chi connectivity index (χ3n) is 5.31. The first-order valence-electron chi connectivity index (χ1n) is 9.08. The van der Waals surface area contributed by atoms with Crippen molar-refractivity contribution < 1.29 is 19.0 Å². The molecule has 3 rings (SSSR count). The van der Waals surface area contributed by atoms with E-state index in [9.17, 15) is 14.3 Å². The molecule has 2 fully saturated rings. The number of nitrogens with zero attached hydrogens (tertiary/aromatic N) is 1. The van der Waals surface area contributed by atoms with Gasteiger partial charge in [0.25, 0.3) is 0 Å². The van der Waals surface area contributed by atoms with Crippen LogP contribution >= 0.6 is 0 Å². The number of carbonyl (C=O) groups is 1. The second kappa shape index (κ2) is 8.25. The van der Waals surface area contributed by atoms with E-state index in [1.165, 1.54) is 6.07 Å². The first-order chi connectivity index (χ1) is 12.1. The first-order valence-corrected chi connectivity index (χ1v) is 9.08. The van der Waals surface area contributed by atoms with Crippen LogP contribution in [-0.4, -0.2) is 54.4 Å². The minimum absolute atomic E-state index is 0.0138. The highest BCUT2D eigenvalue weighted by atomic mass is 19.1. The number of halogens is 1. The molecule has 1 aromatic rings. The summed E-state index contributed by atoms with van der Waals surface area (Å²) in [5.41, 5.74) is 0.387. The fourth-order valence-electron chi connectivity index (χ4n) is 3.75. The van der Waals surface area contributed by atoms with E-state index >= 15 is 0 Å². The van der Waals surface area contributed by atoms with Gasteiger partial charge in [-0.25, -0.2) is 4.39 Å². The number of rotatable bonds is 5. The van der Waals surface area contributed by atoms with E-state index in [2.05, 4.69) is 10.2 Å². The molecule has 0 saturated carbocycles. The molecule has 138 valence electrons. The molecule has 2 aliphatic rings. The number of likely N-dealkylation sites (tertiary alicyclic amines) is 1. The van der Waals surface area contributed by atoms with Gasteiger partial charge in [-0.1, -0.05) is 12.1 Å². The Hall–Kier alpha value is -1.50. The van der Waals surface area contributed by atoms with Crippen LogP contribution in [0.25, 0.3) is 0 Å². The summed E-state index contributed by atoms with van der Waals surface area (Å²) in [6.45, 7) is 3.32. The monoisotopic (exact) mass is 350 g/mol. The lowest BCUT2D eigenvalue weighted by molar-refractivity contribution is -0.131. The maximum atomic E-state index is 13.4. The number of amides is 1. The molecule has 1 atom stereocenters. The highest BCUT2D eigenvalue weighted by Gasteiger charge is 2.36. The number of nitrogens with one attached hydrogen (secondary N) is 1. The van der Waals surface area contributed by atoms with Gasteiger partial charge in [0, 0.05) is 26.3 Å². The van der Waals surface area contributed by atoms with Crippen molar-refractivity contribution in [2.45, 2.75) is 37.8 Å². The smallest absolute Gasteiger partial charge is 0.224 e. The van der Waals surface area contributed by atoms with Crippen LogP contribution in [0.2, 0.25) is 0 Å². The second-order valence-corrected chi connectivity index (χ2v) is 7.24. The normalized spacial score (nSPS) is 24.0. The van der Waals surface area contributed by atoms with Crippen LogP contribution in [-0.2, 0) is 16.1 Å². The Morgan fingerprint density at radius 3 is 2.92 bits per heavy atom. The molecule has 25 heavy (non-hydrogen) atoms. The Kier molecular flexibility index (Phi) is 6.04. The largest absolute Gasteiger partial charge is 0.394 e. The molecule has 0 spiro atoms. The number of aliphatic hydroxyl groups excluding tert-OH is 1. The average molecular weight is 350 g/mol. The van der Waals surface area contributed by atoms with Crippen LogP contribution in [0.1, 0.15) is 31.2 Å². The fraction of sp³-hybridized carbons (Fsp3) is 0.632. The van der Waals surface area contributed by atoms with Gasteiger partial charge < -0.3 is 15.2 Å². The van der Waals surface area contributed by atoms with Gasteiger partial charge in [0.05, 0.1) is 18.1 Å². The van der Waals surface area contributed by atoms with Crippen LogP contribution in [0.4, 0.5) is 4.39 Å². The van der Waals surface area contributed by atoms with Crippen molar-refractivity contribution in [1.29, 1.82) is 0 Å². The summed E-state index contributed by atoms with van der Waals surface area (Å²) < 4.78 is 18.7. The average Bonchev–Trinajstić information content (AvgIpc) is 2.63. The van der Waals surface area contributed by atoms with Crippen LogP contribution < -0.4 is 5.32 Å². The third kappa shape index (κ3) is 4.77. The summed E-state index contributed by atoms with van der Waals surface area (Å²) in [6, 6.07) is 6.62.